The largest absolute Gasteiger partial charge is 0.338 e. The van der Waals surface area contributed by atoms with E-state index in [0.29, 0.717) is 35.8 Å². The highest BCUT2D eigenvalue weighted by Crippen LogP contribution is 2.42. The molecule has 1 atom stereocenters. The van der Waals surface area contributed by atoms with E-state index in [0.717, 1.165) is 26.2 Å². The van der Waals surface area contributed by atoms with Crippen LogP contribution < -0.4 is 5.32 Å². The number of likely N-dealkylation sites (tertiary alicyclic amines) is 1. The fourth-order valence-corrected chi connectivity index (χ4v) is 6.22. The number of aromatic nitrogens is 4. The second-order valence-corrected chi connectivity index (χ2v) is 10.1. The molecule has 11 heteroatoms. The molecule has 1 fully saturated rings. The summed E-state index contributed by atoms with van der Waals surface area (Å²) < 4.78 is 28.9. The summed E-state index contributed by atoms with van der Waals surface area (Å²) in [5.74, 6) is -2.56. The summed E-state index contributed by atoms with van der Waals surface area (Å²) in [6.07, 6.45) is 6.53. The Labute approximate surface area is 196 Å². The number of nitrogens with one attached hydrogen (secondary N) is 1. The summed E-state index contributed by atoms with van der Waals surface area (Å²) in [6.45, 7) is -0.340. The highest BCUT2D eigenvalue weighted by Gasteiger charge is 2.42. The van der Waals surface area contributed by atoms with Crippen molar-refractivity contribution >= 4 is 56.1 Å². The summed E-state index contributed by atoms with van der Waals surface area (Å²) in [4.78, 5) is 25.0. The molecule has 1 amide bonds. The van der Waals surface area contributed by atoms with Crippen LogP contribution in [0.15, 0.2) is 30.9 Å². The van der Waals surface area contributed by atoms with E-state index < -0.39 is 12.5 Å². The van der Waals surface area contributed by atoms with Gasteiger partial charge in [-0.25, -0.2) is 23.3 Å². The maximum Gasteiger partial charge on any atom is 0.267 e. The van der Waals surface area contributed by atoms with Crippen LogP contribution in [0.1, 0.15) is 23.3 Å². The van der Waals surface area contributed by atoms with E-state index in [4.69, 9.17) is 11.6 Å². The van der Waals surface area contributed by atoms with Gasteiger partial charge in [-0.1, -0.05) is 11.6 Å². The van der Waals surface area contributed by atoms with Gasteiger partial charge in [0.1, 0.15) is 17.0 Å². The molecule has 1 N–H and O–H groups in total. The van der Waals surface area contributed by atoms with Crippen LogP contribution in [-0.2, 0) is 17.6 Å². The number of thiophene rings is 1. The Morgan fingerprint density at radius 3 is 3.03 bits per heavy atom. The van der Waals surface area contributed by atoms with Crippen LogP contribution >= 0.6 is 22.9 Å². The van der Waals surface area contributed by atoms with Crippen molar-refractivity contribution in [1.82, 2.24) is 24.5 Å². The molecule has 0 bridgehead atoms. The van der Waals surface area contributed by atoms with Gasteiger partial charge in [0, 0.05) is 36.2 Å². The molecule has 4 aromatic heterocycles. The molecule has 0 radical (unpaired) electrons. The first-order valence-corrected chi connectivity index (χ1v) is 11.9. The molecule has 0 spiro atoms. The van der Waals surface area contributed by atoms with E-state index in [1.54, 1.807) is 16.9 Å². The molecule has 1 saturated heterocycles. The summed E-state index contributed by atoms with van der Waals surface area (Å²) in [5.41, 5.74) is 2.73. The van der Waals surface area contributed by atoms with E-state index in [9.17, 15) is 13.6 Å². The minimum Gasteiger partial charge on any atom is -0.338 e. The zero-order valence-electron chi connectivity index (χ0n) is 17.4. The van der Waals surface area contributed by atoms with Crippen molar-refractivity contribution in [3.8, 4) is 0 Å². The highest BCUT2D eigenvalue weighted by atomic mass is 35.5. The van der Waals surface area contributed by atoms with Gasteiger partial charge in [-0.3, -0.25) is 4.79 Å². The van der Waals surface area contributed by atoms with Crippen molar-refractivity contribution in [3.63, 3.8) is 0 Å². The molecule has 5 heterocycles. The molecule has 6 rings (SSSR count). The van der Waals surface area contributed by atoms with Crippen molar-refractivity contribution in [2.45, 2.75) is 31.6 Å². The number of aryl methyl sites for hydroxylation is 1. The molecule has 170 valence electrons. The van der Waals surface area contributed by atoms with Crippen LogP contribution in [0.5, 0.6) is 0 Å². The Balaban J connectivity index is 1.30. The Morgan fingerprint density at radius 2 is 2.21 bits per heavy atom. The monoisotopic (exact) mass is 488 g/mol. The van der Waals surface area contributed by atoms with Crippen LogP contribution in [0.2, 0.25) is 5.02 Å². The van der Waals surface area contributed by atoms with Crippen molar-refractivity contribution < 1.29 is 13.6 Å². The lowest BCUT2D eigenvalue weighted by molar-refractivity contribution is -0.136. The van der Waals surface area contributed by atoms with Gasteiger partial charge >= 0.3 is 0 Å². The number of carbonyl (C=O) groups excluding carboxylic acids is 1. The van der Waals surface area contributed by atoms with E-state index in [1.165, 1.54) is 22.6 Å². The van der Waals surface area contributed by atoms with Crippen LogP contribution in [0, 0.1) is 5.92 Å². The zero-order chi connectivity index (χ0) is 22.7. The number of carbonyl (C=O) groups is 1. The van der Waals surface area contributed by atoms with Gasteiger partial charge < -0.3 is 10.2 Å². The Hall–Kier alpha value is -2.85. The third-order valence-electron chi connectivity index (χ3n) is 6.42. The third-order valence-corrected chi connectivity index (χ3v) is 7.88. The number of alkyl halides is 2. The first-order chi connectivity index (χ1) is 15.9. The van der Waals surface area contributed by atoms with E-state index in [-0.39, 0.29) is 24.8 Å². The van der Waals surface area contributed by atoms with Gasteiger partial charge in [-0.15, -0.1) is 11.3 Å². The van der Waals surface area contributed by atoms with Crippen LogP contribution in [-0.4, -0.2) is 49.4 Å². The van der Waals surface area contributed by atoms with E-state index in [1.807, 2.05) is 12.1 Å². The lowest BCUT2D eigenvalue weighted by Crippen LogP contribution is -2.38. The third kappa shape index (κ3) is 3.61. The molecule has 1 aliphatic heterocycles. The standard InChI is InChI=1S/C22H19ClF2N6OS/c23-15-9-31-13(3-5-28-31)8-16(15)29-19-18-14-2-1-12(7-17(14)33-20(18)27-11-26-19)21(32)30-6-4-22(24,25)10-30/h3,5,8-9,11-12H,1-2,4,6-7,10H2,(H,26,27,29)/t12-/m0/s1. The topological polar surface area (TPSA) is 75.4 Å². The molecule has 7 nitrogen and oxygen atoms in total. The number of halogens is 3. The number of nitrogens with zero attached hydrogens (tertiary/aromatic N) is 5. The van der Waals surface area contributed by atoms with E-state index in [2.05, 4.69) is 20.4 Å². The second-order valence-electron chi connectivity index (χ2n) is 8.57. The second kappa shape index (κ2) is 7.59. The lowest BCUT2D eigenvalue weighted by Gasteiger charge is -2.26. The van der Waals surface area contributed by atoms with Gasteiger partial charge in [0.15, 0.2) is 0 Å². The zero-order valence-corrected chi connectivity index (χ0v) is 19.0. The average molecular weight is 489 g/mol. The lowest BCUT2D eigenvalue weighted by atomic mass is 9.87. The fraction of sp³-hybridized carbons (Fsp3) is 0.364. The predicted molar refractivity (Wildman–Crippen MR) is 123 cm³/mol. The highest BCUT2D eigenvalue weighted by molar-refractivity contribution is 7.19. The minimum absolute atomic E-state index is 0.128. The van der Waals surface area contributed by atoms with E-state index >= 15 is 0 Å². The maximum atomic E-state index is 13.6. The number of fused-ring (bicyclic) bond motifs is 4. The Bertz CT molecular complexity index is 1400. The van der Waals surface area contributed by atoms with Crippen molar-refractivity contribution in [1.29, 1.82) is 0 Å². The number of hydrogen-bond acceptors (Lipinski definition) is 6. The summed E-state index contributed by atoms with van der Waals surface area (Å²) >= 11 is 7.99. The number of rotatable bonds is 3. The number of anilines is 2. The smallest absolute Gasteiger partial charge is 0.267 e. The normalized spacial score (nSPS) is 19.8. The molecule has 0 unspecified atom stereocenters. The predicted octanol–water partition coefficient (Wildman–Crippen LogP) is 4.71. The number of hydrogen-bond donors (Lipinski definition) is 1. The Kier molecular flexibility index (Phi) is 4.77. The molecule has 0 saturated carbocycles. The quantitative estimate of drug-likeness (QED) is 0.452. The number of pyridine rings is 1. The summed E-state index contributed by atoms with van der Waals surface area (Å²) in [6, 6.07) is 3.79. The molecule has 1 aliphatic carbocycles. The average Bonchev–Trinajstić information content (AvgIpc) is 3.49. The number of amides is 1. The summed E-state index contributed by atoms with van der Waals surface area (Å²) in [7, 11) is 0. The van der Waals surface area contributed by atoms with Crippen LogP contribution in [0.25, 0.3) is 15.7 Å². The SMILES string of the molecule is O=C([C@H]1CCc2c(sc3ncnc(Nc4cc5ccnn5cc4Cl)c23)C1)N1CCC(F)(F)C1. The summed E-state index contributed by atoms with van der Waals surface area (Å²) in [5, 5.41) is 8.98. The molecule has 33 heavy (non-hydrogen) atoms. The first-order valence-electron chi connectivity index (χ1n) is 10.7. The van der Waals surface area contributed by atoms with Crippen LogP contribution in [0.4, 0.5) is 20.3 Å². The Morgan fingerprint density at radius 1 is 1.33 bits per heavy atom. The maximum absolute atomic E-state index is 13.6. The first kappa shape index (κ1) is 20.7. The fourth-order valence-electron chi connectivity index (χ4n) is 4.76. The van der Waals surface area contributed by atoms with Crippen molar-refractivity contribution in [2.24, 2.45) is 5.92 Å². The van der Waals surface area contributed by atoms with Crippen molar-refractivity contribution in [2.75, 3.05) is 18.4 Å². The molecular weight excluding hydrogens is 470 g/mol. The molecular formula is C22H19ClF2N6OS. The van der Waals surface area contributed by atoms with Gasteiger partial charge in [-0.05, 0) is 37.0 Å². The minimum atomic E-state index is -2.77. The molecule has 2 aliphatic rings. The van der Waals surface area contributed by atoms with Gasteiger partial charge in [0.2, 0.25) is 5.91 Å². The van der Waals surface area contributed by atoms with Gasteiger partial charge in [0.25, 0.3) is 5.92 Å². The molecule has 4 aromatic rings. The molecule has 0 aromatic carbocycles. The van der Waals surface area contributed by atoms with Gasteiger partial charge in [-0.2, -0.15) is 5.10 Å². The van der Waals surface area contributed by atoms with Gasteiger partial charge in [0.05, 0.1) is 28.2 Å². The van der Waals surface area contributed by atoms with Crippen molar-refractivity contribution in [3.05, 3.63) is 46.3 Å². The van der Waals surface area contributed by atoms with Crippen LogP contribution in [0.3, 0.4) is 0 Å².